The number of benzene rings is 1. The predicted molar refractivity (Wildman–Crippen MR) is 69.9 cm³/mol. The van der Waals surface area contributed by atoms with Crippen LogP contribution in [0.4, 0.5) is 22.0 Å². The maximum absolute atomic E-state index is 13.3. The zero-order valence-corrected chi connectivity index (χ0v) is 10.7. The lowest BCUT2D eigenvalue weighted by molar-refractivity contribution is 0.379. The van der Waals surface area contributed by atoms with Gasteiger partial charge in [-0.05, 0) is 25.1 Å². The van der Waals surface area contributed by atoms with E-state index in [0.717, 1.165) is 0 Å². The maximum Gasteiger partial charge on any atom is 0.322 e. The number of aromatic nitrogens is 3. The Bertz CT molecular complexity index is 578. The molecule has 0 atom stereocenters. The Morgan fingerprint density at radius 3 is 2.74 bits per heavy atom. The van der Waals surface area contributed by atoms with Gasteiger partial charge in [0.15, 0.2) is 0 Å². The van der Waals surface area contributed by atoms with E-state index >= 15 is 0 Å². The molecule has 0 unspecified atom stereocenters. The van der Waals surface area contributed by atoms with E-state index < -0.39 is 0 Å². The molecule has 0 fully saturated rings. The van der Waals surface area contributed by atoms with Gasteiger partial charge in [-0.3, -0.25) is 0 Å². The monoisotopic (exact) mass is 263 g/mol. The van der Waals surface area contributed by atoms with E-state index in [9.17, 15) is 4.39 Å². The summed E-state index contributed by atoms with van der Waals surface area (Å²) in [4.78, 5) is 13.7. The highest BCUT2D eigenvalue weighted by atomic mass is 19.1. The van der Waals surface area contributed by atoms with Crippen molar-refractivity contribution in [2.24, 2.45) is 0 Å². The van der Waals surface area contributed by atoms with Crippen LogP contribution in [-0.4, -0.2) is 28.6 Å². The molecule has 0 radical (unpaired) electrons. The van der Waals surface area contributed by atoms with Crippen LogP contribution >= 0.6 is 0 Å². The van der Waals surface area contributed by atoms with Crippen LogP contribution in [0.25, 0.3) is 0 Å². The molecule has 7 heteroatoms. The molecule has 0 amide bonds. The highest BCUT2D eigenvalue weighted by molar-refractivity contribution is 5.57. The summed E-state index contributed by atoms with van der Waals surface area (Å²) in [6, 6.07) is 6.28. The van der Waals surface area contributed by atoms with Gasteiger partial charge in [-0.15, -0.1) is 0 Å². The molecular weight excluding hydrogens is 249 g/mol. The van der Waals surface area contributed by atoms with Crippen LogP contribution < -0.4 is 15.4 Å². The fraction of sp³-hybridized carbons (Fsp3) is 0.250. The number of anilines is 3. The summed E-state index contributed by atoms with van der Waals surface area (Å²) in [6.07, 6.45) is 0. The van der Waals surface area contributed by atoms with Crippen LogP contribution in [0.5, 0.6) is 6.01 Å². The largest absolute Gasteiger partial charge is 0.467 e. The number of hydrogen-bond donors (Lipinski definition) is 1. The third-order valence-electron chi connectivity index (χ3n) is 2.48. The highest BCUT2D eigenvalue weighted by Crippen LogP contribution is 2.23. The molecule has 2 rings (SSSR count). The first kappa shape index (κ1) is 13.0. The normalized spacial score (nSPS) is 10.3. The van der Waals surface area contributed by atoms with Crippen LogP contribution in [0.15, 0.2) is 24.3 Å². The topological polar surface area (TPSA) is 77.2 Å². The van der Waals surface area contributed by atoms with Crippen molar-refractivity contribution < 1.29 is 9.13 Å². The average molecular weight is 263 g/mol. The first-order valence-electron chi connectivity index (χ1n) is 5.72. The second kappa shape index (κ2) is 5.47. The minimum absolute atomic E-state index is 0.0525. The summed E-state index contributed by atoms with van der Waals surface area (Å²) in [7, 11) is 1.44. The number of methoxy groups -OCH3 is 1. The Morgan fingerprint density at radius 2 is 2.11 bits per heavy atom. The van der Waals surface area contributed by atoms with Crippen molar-refractivity contribution >= 4 is 17.6 Å². The summed E-state index contributed by atoms with van der Waals surface area (Å²) in [5, 5.41) is 0. The molecule has 0 saturated carbocycles. The fourth-order valence-corrected chi connectivity index (χ4v) is 1.66. The van der Waals surface area contributed by atoms with Gasteiger partial charge in [0.2, 0.25) is 11.9 Å². The van der Waals surface area contributed by atoms with Crippen LogP contribution in [0.2, 0.25) is 0 Å². The van der Waals surface area contributed by atoms with Gasteiger partial charge >= 0.3 is 6.01 Å². The van der Waals surface area contributed by atoms with Crippen LogP contribution in [0, 0.1) is 5.82 Å². The standard InChI is InChI=1S/C12H14FN5O/c1-3-18(9-6-4-5-8(13)7-9)11-15-10(14)16-12(17-11)19-2/h4-7H,3H2,1-2H3,(H2,14,15,16,17). The molecule has 19 heavy (non-hydrogen) atoms. The van der Waals surface area contributed by atoms with Gasteiger partial charge in [0, 0.05) is 12.2 Å². The Balaban J connectivity index is 2.44. The van der Waals surface area contributed by atoms with Crippen molar-refractivity contribution in [3.8, 4) is 6.01 Å². The lowest BCUT2D eigenvalue weighted by Gasteiger charge is -2.21. The number of hydrogen-bond acceptors (Lipinski definition) is 6. The van der Waals surface area contributed by atoms with Gasteiger partial charge in [0.1, 0.15) is 5.82 Å². The number of nitrogens with zero attached hydrogens (tertiary/aromatic N) is 4. The Labute approximate surface area is 110 Å². The Kier molecular flexibility index (Phi) is 3.74. The SMILES string of the molecule is CCN(c1cccc(F)c1)c1nc(N)nc(OC)n1. The Morgan fingerprint density at radius 1 is 1.32 bits per heavy atom. The molecule has 0 bridgehead atoms. The highest BCUT2D eigenvalue weighted by Gasteiger charge is 2.14. The summed E-state index contributed by atoms with van der Waals surface area (Å²) in [5.41, 5.74) is 6.23. The van der Waals surface area contributed by atoms with Gasteiger partial charge in [-0.25, -0.2) is 4.39 Å². The molecule has 0 aliphatic heterocycles. The molecule has 0 saturated heterocycles. The zero-order valence-electron chi connectivity index (χ0n) is 10.7. The van der Waals surface area contributed by atoms with Crippen molar-refractivity contribution in [3.05, 3.63) is 30.1 Å². The first-order valence-corrected chi connectivity index (χ1v) is 5.72. The zero-order chi connectivity index (χ0) is 13.8. The second-order valence-corrected chi connectivity index (χ2v) is 3.70. The van der Waals surface area contributed by atoms with Crippen molar-refractivity contribution in [2.75, 3.05) is 24.3 Å². The lowest BCUT2D eigenvalue weighted by Crippen LogP contribution is -2.20. The number of halogens is 1. The summed E-state index contributed by atoms with van der Waals surface area (Å²) in [6.45, 7) is 2.45. The van der Waals surface area contributed by atoms with Crippen molar-refractivity contribution in [1.29, 1.82) is 0 Å². The van der Waals surface area contributed by atoms with Crippen molar-refractivity contribution in [2.45, 2.75) is 6.92 Å². The van der Waals surface area contributed by atoms with E-state index in [-0.39, 0.29) is 17.8 Å². The molecular formula is C12H14FN5O. The molecule has 1 aromatic heterocycles. The van der Waals surface area contributed by atoms with Gasteiger partial charge in [-0.2, -0.15) is 15.0 Å². The van der Waals surface area contributed by atoms with E-state index in [1.165, 1.54) is 19.2 Å². The van der Waals surface area contributed by atoms with Crippen LogP contribution in [0.1, 0.15) is 6.92 Å². The number of ether oxygens (including phenoxy) is 1. The number of nitrogens with two attached hydrogens (primary N) is 1. The molecule has 0 aliphatic rings. The third-order valence-corrected chi connectivity index (χ3v) is 2.48. The molecule has 1 aromatic carbocycles. The van der Waals surface area contributed by atoms with Gasteiger partial charge in [0.25, 0.3) is 0 Å². The first-order chi connectivity index (χ1) is 9.13. The third kappa shape index (κ3) is 2.87. The minimum Gasteiger partial charge on any atom is -0.467 e. The van der Waals surface area contributed by atoms with E-state index in [2.05, 4.69) is 15.0 Å². The molecule has 1 heterocycles. The van der Waals surface area contributed by atoms with Gasteiger partial charge < -0.3 is 15.4 Å². The summed E-state index contributed by atoms with van der Waals surface area (Å²) < 4.78 is 18.2. The average Bonchev–Trinajstić information content (AvgIpc) is 2.39. The van der Waals surface area contributed by atoms with E-state index in [1.54, 1.807) is 17.0 Å². The number of rotatable bonds is 4. The van der Waals surface area contributed by atoms with Crippen molar-refractivity contribution in [3.63, 3.8) is 0 Å². The predicted octanol–water partition coefficient (Wildman–Crippen LogP) is 1.76. The van der Waals surface area contributed by atoms with Crippen LogP contribution in [0.3, 0.4) is 0 Å². The molecule has 0 aliphatic carbocycles. The second-order valence-electron chi connectivity index (χ2n) is 3.70. The van der Waals surface area contributed by atoms with E-state index in [0.29, 0.717) is 18.2 Å². The molecule has 2 aromatic rings. The van der Waals surface area contributed by atoms with E-state index in [4.69, 9.17) is 10.5 Å². The van der Waals surface area contributed by atoms with Gasteiger partial charge in [-0.1, -0.05) is 6.07 Å². The lowest BCUT2D eigenvalue weighted by atomic mass is 10.3. The smallest absolute Gasteiger partial charge is 0.322 e. The molecule has 6 nitrogen and oxygen atoms in total. The molecule has 2 N–H and O–H groups in total. The number of nitrogen functional groups attached to an aromatic ring is 1. The molecule has 0 spiro atoms. The fourth-order valence-electron chi connectivity index (χ4n) is 1.66. The van der Waals surface area contributed by atoms with Gasteiger partial charge in [0.05, 0.1) is 7.11 Å². The summed E-state index contributed by atoms with van der Waals surface area (Å²) >= 11 is 0. The van der Waals surface area contributed by atoms with Crippen molar-refractivity contribution in [1.82, 2.24) is 15.0 Å². The minimum atomic E-state index is -0.329. The maximum atomic E-state index is 13.3. The van der Waals surface area contributed by atoms with Crippen LogP contribution in [-0.2, 0) is 0 Å². The quantitative estimate of drug-likeness (QED) is 0.905. The summed E-state index contributed by atoms with van der Waals surface area (Å²) in [5.74, 6) is 0.0408. The van der Waals surface area contributed by atoms with E-state index in [1.807, 2.05) is 6.92 Å². The Hall–Kier alpha value is -2.44. The molecule has 100 valence electrons.